The Morgan fingerprint density at radius 3 is 3.31 bits per heavy atom. The molecule has 0 bridgehead atoms. The zero-order valence-electron chi connectivity index (χ0n) is 9.32. The average molecular weight is 286 g/mol. The molecular weight excluding hydrogens is 270 g/mol. The fourth-order valence-electron chi connectivity index (χ4n) is 1.91. The Morgan fingerprint density at radius 2 is 2.56 bits per heavy atom. The van der Waals surface area contributed by atoms with Crippen LogP contribution in [-0.4, -0.2) is 44.4 Å². The summed E-state index contributed by atoms with van der Waals surface area (Å²) in [5.41, 5.74) is 1.19. The maximum atomic E-state index is 5.67. The molecule has 2 heterocycles. The highest BCUT2D eigenvalue weighted by molar-refractivity contribution is 9.10. The number of anilines is 1. The van der Waals surface area contributed by atoms with E-state index in [4.69, 9.17) is 4.74 Å². The van der Waals surface area contributed by atoms with E-state index in [0.29, 0.717) is 0 Å². The van der Waals surface area contributed by atoms with Gasteiger partial charge in [-0.15, -0.1) is 0 Å². The smallest absolute Gasteiger partial charge is 0.0874 e. The summed E-state index contributed by atoms with van der Waals surface area (Å²) in [5, 5.41) is 3.15. The van der Waals surface area contributed by atoms with E-state index < -0.39 is 0 Å². The summed E-state index contributed by atoms with van der Waals surface area (Å²) in [7, 11) is 1.95. The minimum absolute atomic E-state index is 0.263. The predicted molar refractivity (Wildman–Crippen MR) is 67.8 cm³/mol. The van der Waals surface area contributed by atoms with Crippen LogP contribution in [-0.2, 0) is 4.74 Å². The largest absolute Gasteiger partial charge is 0.373 e. The topological polar surface area (TPSA) is 37.4 Å². The number of likely N-dealkylation sites (N-methyl/N-ethyl adjacent to an activating group) is 1. The molecule has 1 saturated heterocycles. The molecule has 1 aromatic heterocycles. The highest BCUT2D eigenvalue weighted by atomic mass is 79.9. The third-order valence-electron chi connectivity index (χ3n) is 2.66. The molecule has 1 aliphatic rings. The second-order valence-corrected chi connectivity index (χ2v) is 4.68. The van der Waals surface area contributed by atoms with Crippen molar-refractivity contribution in [1.82, 2.24) is 10.3 Å². The van der Waals surface area contributed by atoms with Crippen LogP contribution in [0.25, 0.3) is 0 Å². The van der Waals surface area contributed by atoms with Crippen LogP contribution >= 0.6 is 15.9 Å². The number of halogens is 1. The van der Waals surface area contributed by atoms with Gasteiger partial charge in [-0.1, -0.05) is 0 Å². The van der Waals surface area contributed by atoms with Crippen LogP contribution in [0.4, 0.5) is 5.69 Å². The van der Waals surface area contributed by atoms with Crippen molar-refractivity contribution in [3.8, 4) is 0 Å². The summed E-state index contributed by atoms with van der Waals surface area (Å²) in [5.74, 6) is 0. The summed E-state index contributed by atoms with van der Waals surface area (Å²) in [6.07, 6.45) is 3.92. The van der Waals surface area contributed by atoms with E-state index in [2.05, 4.69) is 31.1 Å². The second-order valence-electron chi connectivity index (χ2n) is 3.82. The van der Waals surface area contributed by atoms with E-state index in [-0.39, 0.29) is 6.10 Å². The number of aromatic nitrogens is 1. The zero-order valence-corrected chi connectivity index (χ0v) is 10.9. The first kappa shape index (κ1) is 11.8. The molecule has 88 valence electrons. The Kier molecular flexibility index (Phi) is 4.15. The molecule has 0 amide bonds. The van der Waals surface area contributed by atoms with Crippen LogP contribution in [0.2, 0.25) is 0 Å². The van der Waals surface area contributed by atoms with Crippen molar-refractivity contribution < 1.29 is 4.74 Å². The van der Waals surface area contributed by atoms with Gasteiger partial charge in [-0.05, 0) is 29.0 Å². The van der Waals surface area contributed by atoms with Gasteiger partial charge in [0.15, 0.2) is 0 Å². The first-order valence-electron chi connectivity index (χ1n) is 5.42. The number of rotatable bonds is 3. The number of hydrogen-bond donors (Lipinski definition) is 1. The molecule has 0 spiro atoms. The van der Waals surface area contributed by atoms with Crippen molar-refractivity contribution in [3.63, 3.8) is 0 Å². The number of hydrogen-bond acceptors (Lipinski definition) is 4. The Hall–Kier alpha value is -0.650. The van der Waals surface area contributed by atoms with Gasteiger partial charge in [-0.2, -0.15) is 0 Å². The summed E-state index contributed by atoms with van der Waals surface area (Å²) in [6, 6.07) is 2.03. The molecule has 2 rings (SSSR count). The van der Waals surface area contributed by atoms with Crippen LogP contribution in [0.1, 0.15) is 0 Å². The SMILES string of the molecule is CNCC1CN(c2ccncc2Br)CCO1. The Labute approximate surface area is 104 Å². The fraction of sp³-hybridized carbons (Fsp3) is 0.545. The van der Waals surface area contributed by atoms with Gasteiger partial charge in [0.25, 0.3) is 0 Å². The number of ether oxygens (including phenoxy) is 1. The molecule has 1 fully saturated rings. The minimum atomic E-state index is 0.263. The molecule has 4 nitrogen and oxygen atoms in total. The van der Waals surface area contributed by atoms with E-state index in [0.717, 1.165) is 30.7 Å². The normalized spacial score (nSPS) is 21.1. The van der Waals surface area contributed by atoms with Crippen molar-refractivity contribution in [2.24, 2.45) is 0 Å². The maximum Gasteiger partial charge on any atom is 0.0874 e. The maximum absolute atomic E-state index is 5.67. The second kappa shape index (κ2) is 5.61. The fourth-order valence-corrected chi connectivity index (χ4v) is 2.41. The Balaban J connectivity index is 2.07. The van der Waals surface area contributed by atoms with Crippen LogP contribution in [0.3, 0.4) is 0 Å². The quantitative estimate of drug-likeness (QED) is 0.908. The summed E-state index contributed by atoms with van der Waals surface area (Å²) >= 11 is 3.53. The first-order chi connectivity index (χ1) is 7.81. The highest BCUT2D eigenvalue weighted by Gasteiger charge is 2.21. The molecule has 0 aliphatic carbocycles. The van der Waals surface area contributed by atoms with Crippen molar-refractivity contribution >= 4 is 21.6 Å². The first-order valence-corrected chi connectivity index (χ1v) is 6.21. The monoisotopic (exact) mass is 285 g/mol. The van der Waals surface area contributed by atoms with E-state index in [9.17, 15) is 0 Å². The van der Waals surface area contributed by atoms with Gasteiger partial charge >= 0.3 is 0 Å². The zero-order chi connectivity index (χ0) is 11.4. The van der Waals surface area contributed by atoms with Crippen molar-refractivity contribution in [2.75, 3.05) is 38.2 Å². The molecule has 16 heavy (non-hydrogen) atoms. The standard InChI is InChI=1S/C11H16BrN3O/c1-13-6-9-8-15(4-5-16-9)11-2-3-14-7-10(11)12/h2-3,7,9,13H,4-6,8H2,1H3. The molecule has 1 atom stereocenters. The summed E-state index contributed by atoms with van der Waals surface area (Å²) in [6.45, 7) is 3.52. The molecule has 1 aliphatic heterocycles. The van der Waals surface area contributed by atoms with Crippen molar-refractivity contribution in [2.45, 2.75) is 6.10 Å². The molecule has 0 radical (unpaired) electrons. The molecule has 0 aromatic carbocycles. The molecule has 0 saturated carbocycles. The van der Waals surface area contributed by atoms with Gasteiger partial charge in [0.05, 0.1) is 22.9 Å². The van der Waals surface area contributed by atoms with Crippen LogP contribution in [0, 0.1) is 0 Å². The van der Waals surface area contributed by atoms with Crippen LogP contribution in [0.5, 0.6) is 0 Å². The van der Waals surface area contributed by atoms with E-state index in [1.165, 1.54) is 5.69 Å². The molecular formula is C11H16BrN3O. The van der Waals surface area contributed by atoms with E-state index >= 15 is 0 Å². The summed E-state index contributed by atoms with van der Waals surface area (Å²) < 4.78 is 6.72. The van der Waals surface area contributed by atoms with Gasteiger partial charge in [0, 0.05) is 32.0 Å². The number of morpholine rings is 1. The van der Waals surface area contributed by atoms with Crippen LogP contribution < -0.4 is 10.2 Å². The Bertz CT molecular complexity index is 346. The lowest BCUT2D eigenvalue weighted by Crippen LogP contribution is -2.46. The van der Waals surface area contributed by atoms with Gasteiger partial charge in [-0.3, -0.25) is 4.98 Å². The number of nitrogens with one attached hydrogen (secondary N) is 1. The van der Waals surface area contributed by atoms with Crippen molar-refractivity contribution in [1.29, 1.82) is 0 Å². The molecule has 1 unspecified atom stereocenters. The van der Waals surface area contributed by atoms with E-state index in [1.54, 1.807) is 0 Å². The molecule has 1 N–H and O–H groups in total. The lowest BCUT2D eigenvalue weighted by Gasteiger charge is -2.34. The molecule has 1 aromatic rings. The number of nitrogens with zero attached hydrogens (tertiary/aromatic N) is 2. The Morgan fingerprint density at radius 1 is 1.69 bits per heavy atom. The number of pyridine rings is 1. The lowest BCUT2D eigenvalue weighted by molar-refractivity contribution is 0.0421. The van der Waals surface area contributed by atoms with Gasteiger partial charge in [0.2, 0.25) is 0 Å². The highest BCUT2D eigenvalue weighted by Crippen LogP contribution is 2.26. The summed E-state index contributed by atoms with van der Waals surface area (Å²) in [4.78, 5) is 6.41. The average Bonchev–Trinajstić information content (AvgIpc) is 2.30. The van der Waals surface area contributed by atoms with E-state index in [1.807, 2.05) is 25.5 Å². The van der Waals surface area contributed by atoms with Gasteiger partial charge in [-0.25, -0.2) is 0 Å². The third-order valence-corrected chi connectivity index (χ3v) is 3.27. The van der Waals surface area contributed by atoms with Crippen LogP contribution in [0.15, 0.2) is 22.9 Å². The lowest BCUT2D eigenvalue weighted by atomic mass is 10.2. The molecule has 5 heteroatoms. The predicted octanol–water partition coefficient (Wildman–Crippen LogP) is 1.27. The van der Waals surface area contributed by atoms with Crippen molar-refractivity contribution in [3.05, 3.63) is 22.9 Å². The van der Waals surface area contributed by atoms with Gasteiger partial charge < -0.3 is 15.0 Å². The minimum Gasteiger partial charge on any atom is -0.373 e. The van der Waals surface area contributed by atoms with Gasteiger partial charge in [0.1, 0.15) is 0 Å². The third kappa shape index (κ3) is 2.72.